The number of aryl methyl sites for hydroxylation is 2. The maximum absolute atomic E-state index is 4.70. The van der Waals surface area contributed by atoms with Crippen molar-refractivity contribution in [1.29, 1.82) is 0 Å². The average Bonchev–Trinajstić information content (AvgIpc) is 2.67. The van der Waals surface area contributed by atoms with Crippen molar-refractivity contribution in [1.82, 2.24) is 19.7 Å². The highest BCUT2D eigenvalue weighted by Gasteiger charge is 2.24. The third-order valence-corrected chi connectivity index (χ3v) is 2.95. The van der Waals surface area contributed by atoms with Gasteiger partial charge in [-0.05, 0) is 13.3 Å². The summed E-state index contributed by atoms with van der Waals surface area (Å²) < 4.78 is 1.97. The van der Waals surface area contributed by atoms with E-state index >= 15 is 0 Å². The number of aromatic nitrogens is 4. The van der Waals surface area contributed by atoms with Gasteiger partial charge in [-0.1, -0.05) is 27.7 Å². The highest BCUT2D eigenvalue weighted by molar-refractivity contribution is 5.81. The molecule has 0 aliphatic carbocycles. The molecule has 2 rings (SSSR count). The van der Waals surface area contributed by atoms with Crippen molar-refractivity contribution in [3.05, 3.63) is 17.7 Å². The SMILES string of the molecule is CCc1ncnc2c1c(C(C)(C)C)nn2CC. The van der Waals surface area contributed by atoms with Crippen molar-refractivity contribution in [3.63, 3.8) is 0 Å². The predicted molar refractivity (Wildman–Crippen MR) is 69.1 cm³/mol. The van der Waals surface area contributed by atoms with Gasteiger partial charge >= 0.3 is 0 Å². The van der Waals surface area contributed by atoms with Crippen molar-refractivity contribution in [2.45, 2.75) is 53.0 Å². The lowest BCUT2D eigenvalue weighted by Gasteiger charge is -2.16. The third kappa shape index (κ3) is 1.92. The van der Waals surface area contributed by atoms with Gasteiger partial charge in [-0.3, -0.25) is 0 Å². The fourth-order valence-corrected chi connectivity index (χ4v) is 2.08. The molecule has 0 saturated carbocycles. The highest BCUT2D eigenvalue weighted by atomic mass is 15.3. The number of hydrogen-bond acceptors (Lipinski definition) is 3. The van der Waals surface area contributed by atoms with Gasteiger partial charge in [0, 0.05) is 12.0 Å². The summed E-state index contributed by atoms with van der Waals surface area (Å²) in [5.41, 5.74) is 3.18. The van der Waals surface area contributed by atoms with Crippen LogP contribution in [0.2, 0.25) is 0 Å². The zero-order valence-corrected chi connectivity index (χ0v) is 11.3. The molecule has 0 aliphatic rings. The highest BCUT2D eigenvalue weighted by Crippen LogP contribution is 2.30. The molecule has 0 aromatic carbocycles. The molecule has 0 radical (unpaired) electrons. The maximum Gasteiger partial charge on any atom is 0.161 e. The fraction of sp³-hybridized carbons (Fsp3) is 0.615. The first-order valence-electron chi connectivity index (χ1n) is 6.19. The second-order valence-corrected chi connectivity index (χ2v) is 5.29. The number of nitrogens with zero attached hydrogens (tertiary/aromatic N) is 4. The summed E-state index contributed by atoms with van der Waals surface area (Å²) in [4.78, 5) is 8.77. The van der Waals surface area contributed by atoms with Crippen LogP contribution in [0, 0.1) is 0 Å². The van der Waals surface area contributed by atoms with Gasteiger partial charge in [-0.15, -0.1) is 0 Å². The van der Waals surface area contributed by atoms with Gasteiger partial charge in [0.15, 0.2) is 5.65 Å². The van der Waals surface area contributed by atoms with E-state index in [4.69, 9.17) is 5.10 Å². The van der Waals surface area contributed by atoms with Gasteiger partial charge in [0.2, 0.25) is 0 Å². The van der Waals surface area contributed by atoms with E-state index in [1.165, 1.54) is 0 Å². The molecule has 92 valence electrons. The molecule has 0 amide bonds. The van der Waals surface area contributed by atoms with Crippen molar-refractivity contribution in [2.75, 3.05) is 0 Å². The monoisotopic (exact) mass is 232 g/mol. The lowest BCUT2D eigenvalue weighted by molar-refractivity contribution is 0.546. The van der Waals surface area contributed by atoms with Gasteiger partial charge in [0.05, 0.1) is 16.8 Å². The molecule has 2 heterocycles. The Morgan fingerprint density at radius 2 is 1.88 bits per heavy atom. The Kier molecular flexibility index (Phi) is 2.89. The molecule has 0 spiro atoms. The Balaban J connectivity index is 2.84. The van der Waals surface area contributed by atoms with Crippen LogP contribution in [-0.2, 0) is 18.4 Å². The fourth-order valence-electron chi connectivity index (χ4n) is 2.08. The molecule has 0 N–H and O–H groups in total. The van der Waals surface area contributed by atoms with E-state index in [9.17, 15) is 0 Å². The van der Waals surface area contributed by atoms with E-state index in [1.807, 2.05) is 4.68 Å². The third-order valence-electron chi connectivity index (χ3n) is 2.95. The van der Waals surface area contributed by atoms with Crippen molar-refractivity contribution in [3.8, 4) is 0 Å². The van der Waals surface area contributed by atoms with Crippen molar-refractivity contribution < 1.29 is 0 Å². The lowest BCUT2D eigenvalue weighted by Crippen LogP contribution is -2.13. The molecule has 2 aromatic heterocycles. The Bertz CT molecular complexity index is 534. The molecule has 4 nitrogen and oxygen atoms in total. The first-order chi connectivity index (χ1) is 7.99. The van der Waals surface area contributed by atoms with Crippen LogP contribution in [0.3, 0.4) is 0 Å². The number of hydrogen-bond donors (Lipinski definition) is 0. The predicted octanol–water partition coefficient (Wildman–Crippen LogP) is 2.71. The van der Waals surface area contributed by atoms with E-state index in [0.717, 1.165) is 35.4 Å². The zero-order chi connectivity index (χ0) is 12.6. The van der Waals surface area contributed by atoms with Crippen LogP contribution in [-0.4, -0.2) is 19.7 Å². The van der Waals surface area contributed by atoms with E-state index in [1.54, 1.807) is 6.33 Å². The lowest BCUT2D eigenvalue weighted by atomic mass is 9.90. The molecule has 0 unspecified atom stereocenters. The standard InChI is InChI=1S/C13H20N4/c1-6-9-10-11(13(3,4)5)16-17(7-2)12(10)15-8-14-9/h8H,6-7H2,1-5H3. The molecule has 0 bridgehead atoms. The number of rotatable bonds is 2. The van der Waals surface area contributed by atoms with E-state index < -0.39 is 0 Å². The van der Waals surface area contributed by atoms with Gasteiger partial charge < -0.3 is 0 Å². The Morgan fingerprint density at radius 3 is 2.41 bits per heavy atom. The summed E-state index contributed by atoms with van der Waals surface area (Å²) in [6.07, 6.45) is 2.55. The molecule has 4 heteroatoms. The van der Waals surface area contributed by atoms with E-state index in [0.29, 0.717) is 0 Å². The Hall–Kier alpha value is -1.45. The first kappa shape index (κ1) is 12.0. The normalized spacial score (nSPS) is 12.3. The summed E-state index contributed by atoms with van der Waals surface area (Å²) in [5.74, 6) is 0. The smallest absolute Gasteiger partial charge is 0.161 e. The zero-order valence-electron chi connectivity index (χ0n) is 11.3. The minimum absolute atomic E-state index is 0.0211. The summed E-state index contributed by atoms with van der Waals surface area (Å²) in [5, 5.41) is 5.84. The van der Waals surface area contributed by atoms with E-state index in [2.05, 4.69) is 44.6 Å². The topological polar surface area (TPSA) is 43.6 Å². The van der Waals surface area contributed by atoms with Gasteiger partial charge in [0.25, 0.3) is 0 Å². The summed E-state index contributed by atoms with van der Waals surface area (Å²) >= 11 is 0. The molecule has 17 heavy (non-hydrogen) atoms. The van der Waals surface area contributed by atoms with Crippen LogP contribution < -0.4 is 0 Å². The average molecular weight is 232 g/mol. The number of fused-ring (bicyclic) bond motifs is 1. The van der Waals surface area contributed by atoms with Crippen LogP contribution in [0.1, 0.15) is 46.0 Å². The molecule has 0 aliphatic heterocycles. The largest absolute Gasteiger partial charge is 0.247 e. The molecule has 0 saturated heterocycles. The van der Waals surface area contributed by atoms with Gasteiger partial charge in [0.1, 0.15) is 6.33 Å². The first-order valence-corrected chi connectivity index (χ1v) is 6.19. The summed E-state index contributed by atoms with van der Waals surface area (Å²) in [7, 11) is 0. The van der Waals surface area contributed by atoms with Crippen molar-refractivity contribution >= 4 is 11.0 Å². The van der Waals surface area contributed by atoms with Crippen LogP contribution in [0.25, 0.3) is 11.0 Å². The van der Waals surface area contributed by atoms with E-state index in [-0.39, 0.29) is 5.41 Å². The van der Waals surface area contributed by atoms with Crippen LogP contribution in [0.5, 0.6) is 0 Å². The summed E-state index contributed by atoms with van der Waals surface area (Å²) in [6.45, 7) is 11.6. The second-order valence-electron chi connectivity index (χ2n) is 5.29. The maximum atomic E-state index is 4.70. The Morgan fingerprint density at radius 1 is 1.18 bits per heavy atom. The van der Waals surface area contributed by atoms with Crippen LogP contribution >= 0.6 is 0 Å². The molecule has 2 aromatic rings. The second kappa shape index (κ2) is 4.09. The summed E-state index contributed by atoms with van der Waals surface area (Å²) in [6, 6.07) is 0. The minimum atomic E-state index is 0.0211. The van der Waals surface area contributed by atoms with Crippen LogP contribution in [0.4, 0.5) is 0 Å². The molecular formula is C13H20N4. The Labute approximate surface area is 102 Å². The molecule has 0 fully saturated rings. The molecule has 0 atom stereocenters. The van der Waals surface area contributed by atoms with Crippen LogP contribution in [0.15, 0.2) is 6.33 Å². The van der Waals surface area contributed by atoms with Gasteiger partial charge in [-0.25, -0.2) is 14.6 Å². The quantitative estimate of drug-likeness (QED) is 0.799. The van der Waals surface area contributed by atoms with Crippen molar-refractivity contribution in [2.24, 2.45) is 0 Å². The minimum Gasteiger partial charge on any atom is -0.247 e. The van der Waals surface area contributed by atoms with Gasteiger partial charge in [-0.2, -0.15) is 5.10 Å². The molecular weight excluding hydrogens is 212 g/mol.